The number of rotatable bonds is 5. The third-order valence-electron chi connectivity index (χ3n) is 2.37. The van der Waals surface area contributed by atoms with E-state index in [1.54, 1.807) is 55.9 Å². The number of carbonyl (C=O) groups is 1. The fourth-order valence-electron chi connectivity index (χ4n) is 1.45. The molecule has 19 heavy (non-hydrogen) atoms. The summed E-state index contributed by atoms with van der Waals surface area (Å²) in [5, 5.41) is 2.68. The highest BCUT2D eigenvalue weighted by Crippen LogP contribution is 2.16. The van der Waals surface area contributed by atoms with Crippen molar-refractivity contribution in [3.05, 3.63) is 48.8 Å². The summed E-state index contributed by atoms with van der Waals surface area (Å²) in [7, 11) is 1.59. The Hall–Kier alpha value is -2.56. The maximum Gasteiger partial charge on any atom is 0.262 e. The van der Waals surface area contributed by atoms with E-state index in [-0.39, 0.29) is 12.5 Å². The average molecular weight is 258 g/mol. The van der Waals surface area contributed by atoms with Gasteiger partial charge in [0, 0.05) is 6.20 Å². The smallest absolute Gasteiger partial charge is 0.262 e. The summed E-state index contributed by atoms with van der Waals surface area (Å²) >= 11 is 0. The number of nitrogens with zero attached hydrogens (tertiary/aromatic N) is 1. The quantitative estimate of drug-likeness (QED) is 0.892. The van der Waals surface area contributed by atoms with E-state index in [1.165, 1.54) is 0 Å². The molecule has 0 unspecified atom stereocenters. The molecular formula is C14H14N2O3. The predicted molar refractivity (Wildman–Crippen MR) is 71.4 cm³/mol. The largest absolute Gasteiger partial charge is 0.497 e. The van der Waals surface area contributed by atoms with Crippen LogP contribution in [0, 0.1) is 0 Å². The zero-order chi connectivity index (χ0) is 13.5. The van der Waals surface area contributed by atoms with E-state index in [4.69, 9.17) is 9.47 Å². The van der Waals surface area contributed by atoms with Gasteiger partial charge in [-0.1, -0.05) is 0 Å². The van der Waals surface area contributed by atoms with Crippen LogP contribution in [0.3, 0.4) is 0 Å². The Balaban J connectivity index is 1.83. The number of pyridine rings is 1. The van der Waals surface area contributed by atoms with E-state index in [9.17, 15) is 4.79 Å². The first-order valence-electron chi connectivity index (χ1n) is 5.74. The summed E-state index contributed by atoms with van der Waals surface area (Å²) in [5.41, 5.74) is 0.644. The number of nitrogens with one attached hydrogen (secondary N) is 1. The van der Waals surface area contributed by atoms with Gasteiger partial charge in [0.15, 0.2) is 6.61 Å². The van der Waals surface area contributed by atoms with Crippen LogP contribution in [0.4, 0.5) is 5.69 Å². The van der Waals surface area contributed by atoms with Crippen LogP contribution in [0.1, 0.15) is 0 Å². The average Bonchev–Trinajstić information content (AvgIpc) is 2.47. The highest BCUT2D eigenvalue weighted by Gasteiger charge is 2.03. The summed E-state index contributed by atoms with van der Waals surface area (Å²) < 4.78 is 10.4. The number of carbonyl (C=O) groups excluding carboxylic acids is 1. The van der Waals surface area contributed by atoms with Gasteiger partial charge < -0.3 is 14.8 Å². The Bertz CT molecular complexity index is 526. The molecule has 1 amide bonds. The van der Waals surface area contributed by atoms with Crippen molar-refractivity contribution in [2.24, 2.45) is 0 Å². The Kier molecular flexibility index (Phi) is 4.34. The summed E-state index contributed by atoms with van der Waals surface area (Å²) in [6.07, 6.45) is 3.22. The van der Waals surface area contributed by atoms with Crippen LogP contribution in [-0.4, -0.2) is 24.6 Å². The Morgan fingerprint density at radius 1 is 1.21 bits per heavy atom. The number of anilines is 1. The first kappa shape index (κ1) is 12.9. The first-order chi connectivity index (χ1) is 9.28. The van der Waals surface area contributed by atoms with Gasteiger partial charge in [0.05, 0.1) is 19.0 Å². The molecule has 2 rings (SSSR count). The van der Waals surface area contributed by atoms with Crippen molar-refractivity contribution in [3.8, 4) is 11.5 Å². The van der Waals surface area contributed by atoms with Gasteiger partial charge in [-0.25, -0.2) is 0 Å². The molecule has 0 atom stereocenters. The van der Waals surface area contributed by atoms with E-state index in [1.807, 2.05) is 0 Å². The minimum absolute atomic E-state index is 0.0543. The first-order valence-corrected chi connectivity index (χ1v) is 5.74. The number of ether oxygens (including phenoxy) is 2. The highest BCUT2D eigenvalue weighted by atomic mass is 16.5. The van der Waals surface area contributed by atoms with Gasteiger partial charge in [0.2, 0.25) is 0 Å². The van der Waals surface area contributed by atoms with Crippen LogP contribution in [0.25, 0.3) is 0 Å². The monoisotopic (exact) mass is 258 g/mol. The zero-order valence-corrected chi connectivity index (χ0v) is 10.5. The van der Waals surface area contributed by atoms with Crippen molar-refractivity contribution in [3.63, 3.8) is 0 Å². The molecule has 0 aliphatic heterocycles. The third-order valence-corrected chi connectivity index (χ3v) is 2.37. The lowest BCUT2D eigenvalue weighted by Crippen LogP contribution is -2.20. The zero-order valence-electron chi connectivity index (χ0n) is 10.5. The molecule has 0 aliphatic rings. The molecule has 1 heterocycles. The molecule has 98 valence electrons. The van der Waals surface area contributed by atoms with Gasteiger partial charge in [-0.3, -0.25) is 9.78 Å². The minimum Gasteiger partial charge on any atom is -0.497 e. The molecule has 1 aromatic carbocycles. The number of hydrogen-bond acceptors (Lipinski definition) is 4. The Morgan fingerprint density at radius 3 is 2.58 bits per heavy atom. The number of hydrogen-bond donors (Lipinski definition) is 1. The second-order valence-corrected chi connectivity index (χ2v) is 3.75. The maximum atomic E-state index is 11.6. The fourth-order valence-corrected chi connectivity index (χ4v) is 1.45. The summed E-state index contributed by atoms with van der Waals surface area (Å²) in [5.74, 6) is 1.12. The van der Waals surface area contributed by atoms with Crippen LogP contribution in [0.2, 0.25) is 0 Å². The van der Waals surface area contributed by atoms with Crippen molar-refractivity contribution in [2.75, 3.05) is 19.0 Å². The topological polar surface area (TPSA) is 60.5 Å². The molecule has 0 saturated heterocycles. The van der Waals surface area contributed by atoms with Crippen LogP contribution in [-0.2, 0) is 4.79 Å². The lowest BCUT2D eigenvalue weighted by atomic mass is 10.3. The van der Waals surface area contributed by atoms with Crippen molar-refractivity contribution in [1.29, 1.82) is 0 Å². The molecule has 1 aromatic heterocycles. The molecule has 0 saturated carbocycles. The maximum absolute atomic E-state index is 11.6. The fraction of sp³-hybridized carbons (Fsp3) is 0.143. The molecule has 5 heteroatoms. The summed E-state index contributed by atoms with van der Waals surface area (Å²) in [4.78, 5) is 15.5. The molecule has 0 aliphatic carbocycles. The molecule has 0 bridgehead atoms. The minimum atomic E-state index is -0.233. The van der Waals surface area contributed by atoms with Gasteiger partial charge in [-0.05, 0) is 36.4 Å². The van der Waals surface area contributed by atoms with E-state index < -0.39 is 0 Å². The van der Waals surface area contributed by atoms with Crippen LogP contribution in [0.15, 0.2) is 48.8 Å². The van der Waals surface area contributed by atoms with Crippen molar-refractivity contribution >= 4 is 11.6 Å². The van der Waals surface area contributed by atoms with Crippen LogP contribution in [0.5, 0.6) is 11.5 Å². The van der Waals surface area contributed by atoms with Gasteiger partial charge in [0.1, 0.15) is 11.5 Å². The molecular weight excluding hydrogens is 244 g/mol. The lowest BCUT2D eigenvalue weighted by molar-refractivity contribution is -0.118. The number of aromatic nitrogens is 1. The van der Waals surface area contributed by atoms with E-state index in [2.05, 4.69) is 10.3 Å². The molecule has 5 nitrogen and oxygen atoms in total. The Morgan fingerprint density at radius 2 is 1.95 bits per heavy atom. The molecule has 2 aromatic rings. The van der Waals surface area contributed by atoms with Gasteiger partial charge in [-0.15, -0.1) is 0 Å². The number of methoxy groups -OCH3 is 1. The highest BCUT2D eigenvalue weighted by molar-refractivity contribution is 5.91. The van der Waals surface area contributed by atoms with Gasteiger partial charge in [-0.2, -0.15) is 0 Å². The normalized spacial score (nSPS) is 9.74. The Labute approximate surface area is 111 Å². The predicted octanol–water partition coefficient (Wildman–Crippen LogP) is 2.11. The van der Waals surface area contributed by atoms with Crippen LogP contribution >= 0.6 is 0 Å². The number of benzene rings is 1. The third kappa shape index (κ3) is 3.99. The molecule has 1 N–H and O–H groups in total. The summed E-state index contributed by atoms with van der Waals surface area (Å²) in [6.45, 7) is -0.0543. The van der Waals surface area contributed by atoms with Crippen molar-refractivity contribution in [2.45, 2.75) is 0 Å². The van der Waals surface area contributed by atoms with E-state index in [0.29, 0.717) is 11.4 Å². The van der Waals surface area contributed by atoms with Crippen molar-refractivity contribution < 1.29 is 14.3 Å². The van der Waals surface area contributed by atoms with E-state index in [0.717, 1.165) is 5.75 Å². The second kappa shape index (κ2) is 6.39. The summed E-state index contributed by atoms with van der Waals surface area (Å²) in [6, 6.07) is 10.5. The molecule has 0 spiro atoms. The van der Waals surface area contributed by atoms with Crippen LogP contribution < -0.4 is 14.8 Å². The SMILES string of the molecule is COc1ccc(OCC(=O)Nc2cccnc2)cc1. The lowest BCUT2D eigenvalue weighted by Gasteiger charge is -2.07. The standard InChI is InChI=1S/C14H14N2O3/c1-18-12-4-6-13(7-5-12)19-10-14(17)16-11-3-2-8-15-9-11/h2-9H,10H2,1H3,(H,16,17). The van der Waals surface area contributed by atoms with Gasteiger partial charge >= 0.3 is 0 Å². The molecule has 0 radical (unpaired) electrons. The van der Waals surface area contributed by atoms with Crippen molar-refractivity contribution in [1.82, 2.24) is 4.98 Å². The second-order valence-electron chi connectivity index (χ2n) is 3.75. The number of amides is 1. The molecule has 0 fully saturated rings. The van der Waals surface area contributed by atoms with Gasteiger partial charge in [0.25, 0.3) is 5.91 Å². The van der Waals surface area contributed by atoms with E-state index >= 15 is 0 Å².